The molecule has 0 unspecified atom stereocenters. The summed E-state index contributed by atoms with van der Waals surface area (Å²) in [7, 11) is 0. The van der Waals surface area contributed by atoms with E-state index >= 15 is 0 Å². The number of benzene rings is 1. The van der Waals surface area contributed by atoms with Crippen molar-refractivity contribution >= 4 is 17.6 Å². The first kappa shape index (κ1) is 15.2. The van der Waals surface area contributed by atoms with Crippen LogP contribution in [0.4, 0.5) is 5.69 Å². The zero-order valence-corrected chi connectivity index (χ0v) is 11.3. The second-order valence-corrected chi connectivity index (χ2v) is 4.16. The van der Waals surface area contributed by atoms with Gasteiger partial charge in [0.2, 0.25) is 5.91 Å². The van der Waals surface area contributed by atoms with E-state index in [9.17, 15) is 9.59 Å². The lowest BCUT2D eigenvalue weighted by Crippen LogP contribution is -2.36. The highest BCUT2D eigenvalue weighted by Gasteiger charge is 2.18. The molecule has 0 bridgehead atoms. The number of aryl methyl sites for hydroxylation is 1. The highest BCUT2D eigenvalue weighted by Crippen LogP contribution is 2.16. The minimum absolute atomic E-state index is 0.176. The van der Waals surface area contributed by atoms with Crippen LogP contribution in [0.5, 0.6) is 0 Å². The van der Waals surface area contributed by atoms with E-state index in [1.54, 1.807) is 12.1 Å². The number of carbonyl (C=O) groups is 2. The maximum absolute atomic E-state index is 12.0. The van der Waals surface area contributed by atoms with E-state index in [4.69, 9.17) is 9.84 Å². The van der Waals surface area contributed by atoms with Crippen molar-refractivity contribution in [3.8, 4) is 0 Å². The third-order valence-corrected chi connectivity index (χ3v) is 2.60. The summed E-state index contributed by atoms with van der Waals surface area (Å²) in [4.78, 5) is 24.1. The second-order valence-electron chi connectivity index (χ2n) is 4.16. The van der Waals surface area contributed by atoms with E-state index in [0.717, 1.165) is 5.56 Å². The third kappa shape index (κ3) is 5.09. The summed E-state index contributed by atoms with van der Waals surface area (Å²) in [5.41, 5.74) is 1.65. The fraction of sp³-hybridized carbons (Fsp3) is 0.429. The van der Waals surface area contributed by atoms with Gasteiger partial charge in [-0.25, -0.2) is 0 Å². The Bertz CT molecular complexity index is 428. The SMILES string of the molecule is CCOCCC(=O)N(CC(=O)O)c1ccc(C)cc1. The lowest BCUT2D eigenvalue weighted by Gasteiger charge is -2.21. The molecule has 0 saturated heterocycles. The number of carboxylic acid groups (broad SMARTS) is 1. The minimum atomic E-state index is -1.04. The molecular weight excluding hydrogens is 246 g/mol. The lowest BCUT2D eigenvalue weighted by molar-refractivity contribution is -0.136. The highest BCUT2D eigenvalue weighted by molar-refractivity contribution is 5.97. The first-order valence-corrected chi connectivity index (χ1v) is 6.21. The van der Waals surface area contributed by atoms with Crippen LogP contribution in [-0.4, -0.2) is 36.7 Å². The fourth-order valence-electron chi connectivity index (χ4n) is 1.62. The van der Waals surface area contributed by atoms with Gasteiger partial charge in [0.25, 0.3) is 0 Å². The van der Waals surface area contributed by atoms with Crippen molar-refractivity contribution in [2.24, 2.45) is 0 Å². The molecule has 1 rings (SSSR count). The van der Waals surface area contributed by atoms with Gasteiger partial charge in [0.1, 0.15) is 6.54 Å². The van der Waals surface area contributed by atoms with E-state index < -0.39 is 5.97 Å². The number of amides is 1. The number of carbonyl (C=O) groups excluding carboxylic acids is 1. The number of carboxylic acids is 1. The van der Waals surface area contributed by atoms with Crippen molar-refractivity contribution in [3.63, 3.8) is 0 Å². The highest BCUT2D eigenvalue weighted by atomic mass is 16.5. The zero-order chi connectivity index (χ0) is 14.3. The van der Waals surface area contributed by atoms with Gasteiger partial charge < -0.3 is 14.7 Å². The van der Waals surface area contributed by atoms with Gasteiger partial charge in [0.15, 0.2) is 0 Å². The van der Waals surface area contributed by atoms with Gasteiger partial charge in [0, 0.05) is 12.3 Å². The first-order chi connectivity index (χ1) is 9.04. The topological polar surface area (TPSA) is 66.8 Å². The summed E-state index contributed by atoms with van der Waals surface area (Å²) >= 11 is 0. The molecule has 0 fully saturated rings. The first-order valence-electron chi connectivity index (χ1n) is 6.21. The quantitative estimate of drug-likeness (QED) is 0.764. The van der Waals surface area contributed by atoms with E-state index in [-0.39, 0.29) is 18.9 Å². The van der Waals surface area contributed by atoms with E-state index in [2.05, 4.69) is 0 Å². The maximum Gasteiger partial charge on any atom is 0.323 e. The van der Waals surface area contributed by atoms with Crippen molar-refractivity contribution in [2.45, 2.75) is 20.3 Å². The van der Waals surface area contributed by atoms with Crippen LogP contribution < -0.4 is 4.90 Å². The largest absolute Gasteiger partial charge is 0.480 e. The lowest BCUT2D eigenvalue weighted by atomic mass is 10.2. The molecule has 1 aromatic carbocycles. The Labute approximate surface area is 112 Å². The predicted molar refractivity (Wildman–Crippen MR) is 72.3 cm³/mol. The van der Waals surface area contributed by atoms with Crippen LogP contribution >= 0.6 is 0 Å². The van der Waals surface area contributed by atoms with Crippen LogP contribution in [0.15, 0.2) is 24.3 Å². The van der Waals surface area contributed by atoms with Gasteiger partial charge in [-0.05, 0) is 26.0 Å². The Morgan fingerprint density at radius 2 is 1.89 bits per heavy atom. The molecule has 5 heteroatoms. The molecule has 0 aliphatic carbocycles. The molecule has 0 heterocycles. The minimum Gasteiger partial charge on any atom is -0.480 e. The predicted octanol–water partition coefficient (Wildman–Crippen LogP) is 1.84. The molecule has 19 heavy (non-hydrogen) atoms. The number of hydrogen-bond acceptors (Lipinski definition) is 3. The van der Waals surface area contributed by atoms with Gasteiger partial charge in [-0.15, -0.1) is 0 Å². The van der Waals surface area contributed by atoms with Crippen molar-refractivity contribution < 1.29 is 19.4 Å². The van der Waals surface area contributed by atoms with Crippen LogP contribution in [0.25, 0.3) is 0 Å². The van der Waals surface area contributed by atoms with Crippen LogP contribution in [0.3, 0.4) is 0 Å². The smallest absolute Gasteiger partial charge is 0.323 e. The molecule has 0 aliphatic heterocycles. The Hall–Kier alpha value is -1.88. The molecule has 0 aliphatic rings. The summed E-state index contributed by atoms with van der Waals surface area (Å²) in [6, 6.07) is 7.19. The molecule has 1 aromatic rings. The zero-order valence-electron chi connectivity index (χ0n) is 11.3. The van der Waals surface area contributed by atoms with Gasteiger partial charge in [-0.2, -0.15) is 0 Å². The Balaban J connectivity index is 2.79. The summed E-state index contributed by atoms with van der Waals surface area (Å²) in [5, 5.41) is 8.90. The fourth-order valence-corrected chi connectivity index (χ4v) is 1.62. The van der Waals surface area contributed by atoms with Crippen molar-refractivity contribution in [3.05, 3.63) is 29.8 Å². The number of aliphatic carboxylic acids is 1. The van der Waals surface area contributed by atoms with E-state index in [1.165, 1.54) is 4.90 Å². The molecule has 104 valence electrons. The molecule has 0 radical (unpaired) electrons. The number of ether oxygens (including phenoxy) is 1. The number of nitrogens with zero attached hydrogens (tertiary/aromatic N) is 1. The number of hydrogen-bond donors (Lipinski definition) is 1. The van der Waals surface area contributed by atoms with Gasteiger partial charge in [0.05, 0.1) is 13.0 Å². The molecule has 0 atom stereocenters. The normalized spacial score (nSPS) is 10.2. The average Bonchev–Trinajstić information content (AvgIpc) is 2.37. The number of rotatable bonds is 7. The van der Waals surface area contributed by atoms with Crippen molar-refractivity contribution in [1.29, 1.82) is 0 Å². The standard InChI is InChI=1S/C14H19NO4/c1-3-19-9-8-13(16)15(10-14(17)18)12-6-4-11(2)5-7-12/h4-7H,3,8-10H2,1-2H3,(H,17,18). The van der Waals surface area contributed by atoms with Gasteiger partial charge in [-0.3, -0.25) is 9.59 Å². The van der Waals surface area contributed by atoms with Crippen molar-refractivity contribution in [2.75, 3.05) is 24.7 Å². The van der Waals surface area contributed by atoms with Crippen LogP contribution in [0, 0.1) is 6.92 Å². The summed E-state index contributed by atoms with van der Waals surface area (Å²) in [6.45, 7) is 4.28. The maximum atomic E-state index is 12.0. The Kier molecular flexibility index (Phi) is 6.02. The molecular formula is C14H19NO4. The van der Waals surface area contributed by atoms with Gasteiger partial charge in [-0.1, -0.05) is 17.7 Å². The Morgan fingerprint density at radius 3 is 2.42 bits per heavy atom. The molecule has 5 nitrogen and oxygen atoms in total. The Morgan fingerprint density at radius 1 is 1.26 bits per heavy atom. The van der Waals surface area contributed by atoms with Gasteiger partial charge >= 0.3 is 5.97 Å². The average molecular weight is 265 g/mol. The van der Waals surface area contributed by atoms with Crippen LogP contribution in [0.2, 0.25) is 0 Å². The summed E-state index contributed by atoms with van der Waals surface area (Å²) in [6.07, 6.45) is 0.176. The van der Waals surface area contributed by atoms with Crippen LogP contribution in [-0.2, 0) is 14.3 Å². The van der Waals surface area contributed by atoms with E-state index in [1.807, 2.05) is 26.0 Å². The van der Waals surface area contributed by atoms with Crippen molar-refractivity contribution in [1.82, 2.24) is 0 Å². The molecule has 1 amide bonds. The number of anilines is 1. The second kappa shape index (κ2) is 7.53. The monoisotopic (exact) mass is 265 g/mol. The molecule has 0 aromatic heterocycles. The molecule has 1 N–H and O–H groups in total. The third-order valence-electron chi connectivity index (χ3n) is 2.60. The summed E-state index contributed by atoms with van der Waals surface area (Å²) in [5.74, 6) is -1.29. The van der Waals surface area contributed by atoms with E-state index in [0.29, 0.717) is 18.9 Å². The van der Waals surface area contributed by atoms with Crippen LogP contribution in [0.1, 0.15) is 18.9 Å². The molecule has 0 spiro atoms. The molecule has 0 saturated carbocycles. The summed E-state index contributed by atoms with van der Waals surface area (Å²) < 4.78 is 5.12.